The van der Waals surface area contributed by atoms with Gasteiger partial charge >= 0.3 is 11.9 Å². The fourth-order valence-corrected chi connectivity index (χ4v) is 6.59. The molecular formula is C36H70O4. The van der Waals surface area contributed by atoms with E-state index in [9.17, 15) is 19.8 Å². The van der Waals surface area contributed by atoms with E-state index in [1.807, 2.05) is 0 Å². The van der Waals surface area contributed by atoms with Crippen LogP contribution in [0.1, 0.15) is 207 Å². The number of carbonyl (C=O) groups is 2. The van der Waals surface area contributed by atoms with Gasteiger partial charge in [-0.25, -0.2) is 0 Å². The molecule has 0 saturated carbocycles. The molecule has 0 aliphatic heterocycles. The van der Waals surface area contributed by atoms with Gasteiger partial charge in [0.25, 0.3) is 0 Å². The lowest BCUT2D eigenvalue weighted by Crippen LogP contribution is -2.33. The highest BCUT2D eigenvalue weighted by molar-refractivity contribution is 5.75. The SMILES string of the molecule is CCCCCCCCC(CCCCCC)(CCCCC(CCCCCC)(CCCCCCCC)C(=O)O)C(=O)O. The first-order chi connectivity index (χ1) is 19.3. The quantitative estimate of drug-likeness (QED) is 0.0818. The molecule has 0 spiro atoms. The zero-order chi connectivity index (χ0) is 30.0. The zero-order valence-electron chi connectivity index (χ0n) is 27.5. The average Bonchev–Trinajstić information content (AvgIpc) is 2.94. The minimum Gasteiger partial charge on any atom is -0.481 e. The first-order valence-electron chi connectivity index (χ1n) is 17.8. The number of carboxylic acids is 2. The van der Waals surface area contributed by atoms with Crippen molar-refractivity contribution in [3.63, 3.8) is 0 Å². The van der Waals surface area contributed by atoms with E-state index >= 15 is 0 Å². The van der Waals surface area contributed by atoms with Gasteiger partial charge in [-0.15, -0.1) is 0 Å². The van der Waals surface area contributed by atoms with E-state index in [4.69, 9.17) is 0 Å². The van der Waals surface area contributed by atoms with Crippen molar-refractivity contribution in [2.75, 3.05) is 0 Å². The Labute approximate surface area is 249 Å². The Hall–Kier alpha value is -1.06. The standard InChI is InChI=1S/C36H70O4/c1-5-9-13-17-19-23-29-35(33(37)38,27-21-15-11-7-3)31-25-26-32-36(34(39)40,28-22-16-12-8-4)30-24-20-18-14-10-6-2/h5-32H2,1-4H3,(H,37,38)(H,39,40). The van der Waals surface area contributed by atoms with Crippen molar-refractivity contribution in [1.29, 1.82) is 0 Å². The van der Waals surface area contributed by atoms with E-state index in [-0.39, 0.29) is 0 Å². The third-order valence-corrected chi connectivity index (χ3v) is 9.50. The Morgan fingerprint density at radius 2 is 0.525 bits per heavy atom. The van der Waals surface area contributed by atoms with Gasteiger partial charge in [-0.1, -0.05) is 169 Å². The molecule has 0 aromatic rings. The van der Waals surface area contributed by atoms with Crippen molar-refractivity contribution < 1.29 is 19.8 Å². The van der Waals surface area contributed by atoms with Crippen LogP contribution in [-0.4, -0.2) is 22.2 Å². The Kier molecular flexibility index (Phi) is 25.0. The summed E-state index contributed by atoms with van der Waals surface area (Å²) in [5, 5.41) is 20.9. The molecule has 0 aliphatic rings. The lowest BCUT2D eigenvalue weighted by atomic mass is 9.71. The first-order valence-corrected chi connectivity index (χ1v) is 17.8. The third-order valence-electron chi connectivity index (χ3n) is 9.50. The number of unbranched alkanes of at least 4 members (excludes halogenated alkanes) is 17. The van der Waals surface area contributed by atoms with Crippen LogP contribution in [0, 0.1) is 10.8 Å². The van der Waals surface area contributed by atoms with Gasteiger partial charge in [0.15, 0.2) is 0 Å². The Bertz CT molecular complexity index is 552. The second-order valence-electron chi connectivity index (χ2n) is 13.0. The molecule has 0 aliphatic carbocycles. The predicted molar refractivity (Wildman–Crippen MR) is 172 cm³/mol. The molecule has 0 amide bonds. The summed E-state index contributed by atoms with van der Waals surface area (Å²) in [7, 11) is 0. The van der Waals surface area contributed by atoms with E-state index in [2.05, 4.69) is 27.7 Å². The van der Waals surface area contributed by atoms with Crippen LogP contribution in [0.3, 0.4) is 0 Å². The number of aliphatic carboxylic acids is 2. The fraction of sp³-hybridized carbons (Fsp3) is 0.944. The Balaban J connectivity index is 5.27. The Morgan fingerprint density at radius 1 is 0.350 bits per heavy atom. The highest BCUT2D eigenvalue weighted by Crippen LogP contribution is 2.41. The monoisotopic (exact) mass is 567 g/mol. The van der Waals surface area contributed by atoms with Crippen LogP contribution in [0.15, 0.2) is 0 Å². The molecule has 0 aromatic heterocycles. The zero-order valence-corrected chi connectivity index (χ0v) is 27.5. The highest BCUT2D eigenvalue weighted by Gasteiger charge is 2.39. The van der Waals surface area contributed by atoms with E-state index < -0.39 is 22.8 Å². The van der Waals surface area contributed by atoms with Crippen LogP contribution >= 0.6 is 0 Å². The van der Waals surface area contributed by atoms with Crippen molar-refractivity contribution in [1.82, 2.24) is 0 Å². The second-order valence-corrected chi connectivity index (χ2v) is 13.0. The molecule has 0 rings (SSSR count). The normalized spacial score (nSPS) is 14.6. The molecule has 2 unspecified atom stereocenters. The van der Waals surface area contributed by atoms with E-state index in [0.29, 0.717) is 12.8 Å². The molecule has 2 N–H and O–H groups in total. The topological polar surface area (TPSA) is 74.6 Å². The lowest BCUT2D eigenvalue weighted by molar-refractivity contribution is -0.152. The Morgan fingerprint density at radius 3 is 0.750 bits per heavy atom. The van der Waals surface area contributed by atoms with Gasteiger partial charge in [0.05, 0.1) is 10.8 Å². The van der Waals surface area contributed by atoms with Crippen LogP contribution in [-0.2, 0) is 9.59 Å². The molecule has 0 bridgehead atoms. The second kappa shape index (κ2) is 25.6. The minimum atomic E-state index is -0.634. The van der Waals surface area contributed by atoms with E-state index in [0.717, 1.165) is 103 Å². The largest absolute Gasteiger partial charge is 0.481 e. The fourth-order valence-electron chi connectivity index (χ4n) is 6.59. The van der Waals surface area contributed by atoms with Crippen LogP contribution in [0.4, 0.5) is 0 Å². The van der Waals surface area contributed by atoms with Gasteiger partial charge in [0, 0.05) is 0 Å². The van der Waals surface area contributed by atoms with Gasteiger partial charge < -0.3 is 10.2 Å². The van der Waals surface area contributed by atoms with Gasteiger partial charge in [-0.2, -0.15) is 0 Å². The number of hydrogen-bond acceptors (Lipinski definition) is 2. The van der Waals surface area contributed by atoms with Crippen molar-refractivity contribution in [2.24, 2.45) is 10.8 Å². The van der Waals surface area contributed by atoms with Gasteiger partial charge in [0.1, 0.15) is 0 Å². The molecule has 0 radical (unpaired) electrons. The van der Waals surface area contributed by atoms with Crippen molar-refractivity contribution >= 4 is 11.9 Å². The van der Waals surface area contributed by atoms with Gasteiger partial charge in [0.2, 0.25) is 0 Å². The molecule has 40 heavy (non-hydrogen) atoms. The molecule has 0 heterocycles. The molecular weight excluding hydrogens is 496 g/mol. The van der Waals surface area contributed by atoms with Crippen LogP contribution < -0.4 is 0 Å². The average molecular weight is 567 g/mol. The van der Waals surface area contributed by atoms with Crippen LogP contribution in [0.2, 0.25) is 0 Å². The summed E-state index contributed by atoms with van der Waals surface area (Å²) in [6.07, 6.45) is 29.2. The summed E-state index contributed by atoms with van der Waals surface area (Å²) in [6, 6.07) is 0. The molecule has 4 heteroatoms. The van der Waals surface area contributed by atoms with E-state index in [1.54, 1.807) is 0 Å². The maximum atomic E-state index is 12.7. The molecule has 4 nitrogen and oxygen atoms in total. The van der Waals surface area contributed by atoms with Crippen LogP contribution in [0.25, 0.3) is 0 Å². The van der Waals surface area contributed by atoms with Crippen molar-refractivity contribution in [2.45, 2.75) is 207 Å². The first kappa shape index (κ1) is 38.9. The van der Waals surface area contributed by atoms with Gasteiger partial charge in [-0.05, 0) is 38.5 Å². The smallest absolute Gasteiger partial charge is 0.309 e. The summed E-state index contributed by atoms with van der Waals surface area (Å²) in [4.78, 5) is 25.4. The minimum absolute atomic E-state index is 0.617. The molecule has 0 fully saturated rings. The third kappa shape index (κ3) is 17.7. The molecule has 2 atom stereocenters. The summed E-state index contributed by atoms with van der Waals surface area (Å²) >= 11 is 0. The van der Waals surface area contributed by atoms with Gasteiger partial charge in [-0.3, -0.25) is 9.59 Å². The summed E-state index contributed by atoms with van der Waals surface area (Å²) in [6.45, 7) is 8.85. The maximum Gasteiger partial charge on any atom is 0.309 e. The number of carboxylic acid groups (broad SMARTS) is 2. The highest BCUT2D eigenvalue weighted by atomic mass is 16.4. The van der Waals surface area contributed by atoms with Crippen molar-refractivity contribution in [3.05, 3.63) is 0 Å². The summed E-state index contributed by atoms with van der Waals surface area (Å²) in [5.41, 5.74) is -1.27. The number of hydrogen-bond donors (Lipinski definition) is 2. The maximum absolute atomic E-state index is 12.7. The molecule has 0 saturated heterocycles. The molecule has 238 valence electrons. The lowest BCUT2D eigenvalue weighted by Gasteiger charge is -2.32. The number of rotatable bonds is 31. The van der Waals surface area contributed by atoms with Crippen molar-refractivity contribution in [3.8, 4) is 0 Å². The summed E-state index contributed by atoms with van der Waals surface area (Å²) < 4.78 is 0. The molecule has 0 aromatic carbocycles. The van der Waals surface area contributed by atoms with Crippen LogP contribution in [0.5, 0.6) is 0 Å². The van der Waals surface area contributed by atoms with E-state index in [1.165, 1.54) is 64.2 Å². The summed E-state index contributed by atoms with van der Waals surface area (Å²) in [5.74, 6) is -1.23. The predicted octanol–water partition coefficient (Wildman–Crippen LogP) is 12.1.